The maximum absolute atomic E-state index is 11.2. The van der Waals surface area contributed by atoms with Crippen molar-refractivity contribution in [3.8, 4) is 0 Å². The molecule has 0 spiro atoms. The number of esters is 2. The first-order chi connectivity index (χ1) is 6.96. The molecule has 0 aliphatic carbocycles. The van der Waals surface area contributed by atoms with E-state index in [0.717, 1.165) is 0 Å². The molecule has 7 heteroatoms. The number of hydrogen-bond acceptors (Lipinski definition) is 6. The Balaban J connectivity index is 2.06. The Morgan fingerprint density at radius 2 is 1.80 bits per heavy atom. The quantitative estimate of drug-likeness (QED) is 0.407. The summed E-state index contributed by atoms with van der Waals surface area (Å²) in [5.74, 6) is -1.03. The first-order valence-electron chi connectivity index (χ1n) is 4.64. The summed E-state index contributed by atoms with van der Waals surface area (Å²) in [6.07, 6.45) is 0.489. The number of morpholine rings is 1. The molecule has 6 nitrogen and oxygen atoms in total. The van der Waals surface area contributed by atoms with Crippen molar-refractivity contribution >= 4 is 21.8 Å². The Bertz CT molecular complexity index is 385. The fourth-order valence-corrected chi connectivity index (χ4v) is 3.66. The van der Waals surface area contributed by atoms with Crippen LogP contribution in [0.25, 0.3) is 0 Å². The lowest BCUT2D eigenvalue weighted by Crippen LogP contribution is -2.48. The number of rotatable bonds is 1. The van der Waals surface area contributed by atoms with Crippen LogP contribution in [0.15, 0.2) is 0 Å². The van der Waals surface area contributed by atoms with Crippen LogP contribution in [-0.2, 0) is 24.2 Å². The van der Waals surface area contributed by atoms with Crippen molar-refractivity contribution in [2.45, 2.75) is 12.5 Å². The van der Waals surface area contributed by atoms with E-state index in [1.807, 2.05) is 0 Å². The molecule has 0 amide bonds. The smallest absolute Gasteiger partial charge is 0.327 e. The van der Waals surface area contributed by atoms with Gasteiger partial charge in [-0.3, -0.25) is 14.5 Å². The van der Waals surface area contributed by atoms with Crippen LogP contribution in [0.2, 0.25) is 0 Å². The molecule has 0 N–H and O–H groups in total. The topological polar surface area (TPSA) is 80.8 Å². The number of carbonyl (C=O) groups excluding carboxylic acids is 2. The minimum Gasteiger partial charge on any atom is -0.391 e. The lowest BCUT2D eigenvalue weighted by molar-refractivity contribution is -0.167. The third kappa shape index (κ3) is 2.35. The van der Waals surface area contributed by atoms with Crippen molar-refractivity contribution in [1.29, 1.82) is 0 Å². The van der Waals surface area contributed by atoms with Crippen LogP contribution in [0.3, 0.4) is 0 Å². The van der Waals surface area contributed by atoms with Crippen molar-refractivity contribution in [2.24, 2.45) is 0 Å². The minimum absolute atomic E-state index is 0.00588. The summed E-state index contributed by atoms with van der Waals surface area (Å²) in [4.78, 5) is 23.5. The highest BCUT2D eigenvalue weighted by Crippen LogP contribution is 2.18. The van der Waals surface area contributed by atoms with Gasteiger partial charge in [-0.1, -0.05) is 0 Å². The van der Waals surface area contributed by atoms with Gasteiger partial charge in [0, 0.05) is 6.04 Å². The van der Waals surface area contributed by atoms with Crippen LogP contribution in [0.1, 0.15) is 6.42 Å². The number of cyclic esters (lactones) is 2. The Morgan fingerprint density at radius 1 is 1.20 bits per heavy atom. The van der Waals surface area contributed by atoms with Gasteiger partial charge in [0.15, 0.2) is 9.84 Å². The molecule has 2 rings (SSSR count). The molecule has 0 bridgehead atoms. The molecular weight excluding hydrogens is 222 g/mol. The predicted octanol–water partition coefficient (Wildman–Crippen LogP) is -1.44. The highest BCUT2D eigenvalue weighted by Gasteiger charge is 2.36. The first kappa shape index (κ1) is 10.6. The molecule has 1 unspecified atom stereocenters. The van der Waals surface area contributed by atoms with Gasteiger partial charge in [0.1, 0.15) is 0 Å². The summed E-state index contributed by atoms with van der Waals surface area (Å²) in [6, 6.07) is -0.216. The molecule has 2 fully saturated rings. The number of hydrogen-bond donors (Lipinski definition) is 0. The van der Waals surface area contributed by atoms with Gasteiger partial charge >= 0.3 is 11.9 Å². The highest BCUT2D eigenvalue weighted by molar-refractivity contribution is 7.91. The van der Waals surface area contributed by atoms with E-state index in [1.54, 1.807) is 4.90 Å². The fraction of sp³-hybridized carbons (Fsp3) is 0.750. The third-order valence-corrected chi connectivity index (χ3v) is 4.37. The number of carbonyl (C=O) groups is 2. The standard InChI is InChI=1S/C8H11NO5S/c10-7-3-9(4-8(11)14-7)6-1-2-15(12,13)5-6/h6H,1-5H2. The zero-order valence-electron chi connectivity index (χ0n) is 8.01. The van der Waals surface area contributed by atoms with Crippen LogP contribution in [0.5, 0.6) is 0 Å². The molecule has 0 saturated carbocycles. The zero-order chi connectivity index (χ0) is 11.1. The molecule has 15 heavy (non-hydrogen) atoms. The van der Waals surface area contributed by atoms with Gasteiger partial charge in [0.05, 0.1) is 24.6 Å². The van der Waals surface area contributed by atoms with Gasteiger partial charge < -0.3 is 4.74 Å². The van der Waals surface area contributed by atoms with E-state index >= 15 is 0 Å². The van der Waals surface area contributed by atoms with Crippen molar-refractivity contribution in [1.82, 2.24) is 4.90 Å². The van der Waals surface area contributed by atoms with Crippen LogP contribution in [-0.4, -0.2) is 55.9 Å². The molecule has 2 saturated heterocycles. The summed E-state index contributed by atoms with van der Waals surface area (Å²) in [7, 11) is -2.98. The van der Waals surface area contributed by atoms with E-state index in [1.165, 1.54) is 0 Å². The maximum Gasteiger partial charge on any atom is 0.327 e. The highest BCUT2D eigenvalue weighted by atomic mass is 32.2. The van der Waals surface area contributed by atoms with Crippen molar-refractivity contribution in [3.63, 3.8) is 0 Å². The second-order valence-electron chi connectivity index (χ2n) is 3.81. The number of nitrogens with zero attached hydrogens (tertiary/aromatic N) is 1. The molecule has 0 radical (unpaired) electrons. The normalized spacial score (nSPS) is 31.6. The van der Waals surface area contributed by atoms with E-state index < -0.39 is 21.8 Å². The summed E-state index contributed by atoms with van der Waals surface area (Å²) in [5, 5.41) is 0. The molecule has 0 aromatic rings. The second-order valence-corrected chi connectivity index (χ2v) is 6.04. The van der Waals surface area contributed by atoms with Gasteiger partial charge in [-0.25, -0.2) is 8.42 Å². The fourth-order valence-electron chi connectivity index (χ4n) is 1.90. The van der Waals surface area contributed by atoms with Gasteiger partial charge in [0.25, 0.3) is 0 Å². The summed E-state index contributed by atoms with van der Waals surface area (Å²) in [6.45, 7) is 0.0118. The van der Waals surface area contributed by atoms with Gasteiger partial charge in [-0.15, -0.1) is 0 Å². The van der Waals surface area contributed by atoms with Crippen LogP contribution in [0.4, 0.5) is 0 Å². The molecule has 2 aliphatic heterocycles. The van der Waals surface area contributed by atoms with Crippen LogP contribution >= 0.6 is 0 Å². The van der Waals surface area contributed by atoms with Gasteiger partial charge in [-0.05, 0) is 6.42 Å². The average molecular weight is 233 g/mol. The van der Waals surface area contributed by atoms with Gasteiger partial charge in [-0.2, -0.15) is 0 Å². The summed E-state index contributed by atoms with van der Waals surface area (Å²) < 4.78 is 26.8. The summed E-state index contributed by atoms with van der Waals surface area (Å²) >= 11 is 0. The lowest BCUT2D eigenvalue weighted by Gasteiger charge is -2.28. The van der Waals surface area contributed by atoms with E-state index in [4.69, 9.17) is 0 Å². The maximum atomic E-state index is 11.2. The molecule has 1 atom stereocenters. The van der Waals surface area contributed by atoms with E-state index in [0.29, 0.717) is 6.42 Å². The van der Waals surface area contributed by atoms with Crippen molar-refractivity contribution in [2.75, 3.05) is 24.6 Å². The molecule has 0 aromatic carbocycles. The average Bonchev–Trinajstić information content (AvgIpc) is 2.44. The van der Waals surface area contributed by atoms with Gasteiger partial charge in [0.2, 0.25) is 0 Å². The Morgan fingerprint density at radius 3 is 2.27 bits per heavy atom. The SMILES string of the molecule is O=C1CN(C2CCS(=O)(=O)C2)CC(=O)O1. The molecule has 0 aromatic heterocycles. The monoisotopic (exact) mass is 233 g/mol. The van der Waals surface area contributed by atoms with E-state index in [9.17, 15) is 18.0 Å². The Kier molecular flexibility index (Phi) is 2.51. The third-order valence-electron chi connectivity index (χ3n) is 2.62. The Hall–Kier alpha value is -0.950. The second kappa shape index (κ2) is 3.57. The van der Waals surface area contributed by atoms with Crippen LogP contribution in [0, 0.1) is 0 Å². The predicted molar refractivity (Wildman–Crippen MR) is 49.7 cm³/mol. The number of sulfone groups is 1. The largest absolute Gasteiger partial charge is 0.391 e. The van der Waals surface area contributed by atoms with Crippen LogP contribution < -0.4 is 0 Å². The molecule has 84 valence electrons. The lowest BCUT2D eigenvalue weighted by atomic mass is 10.2. The van der Waals surface area contributed by atoms with E-state index in [-0.39, 0.29) is 30.6 Å². The zero-order valence-corrected chi connectivity index (χ0v) is 8.83. The first-order valence-corrected chi connectivity index (χ1v) is 6.46. The molecular formula is C8H11NO5S. The Labute approximate surface area is 87.1 Å². The van der Waals surface area contributed by atoms with Crippen molar-refractivity contribution < 1.29 is 22.7 Å². The molecule has 2 aliphatic rings. The van der Waals surface area contributed by atoms with Crippen molar-refractivity contribution in [3.05, 3.63) is 0 Å². The molecule has 2 heterocycles. The summed E-state index contributed by atoms with van der Waals surface area (Å²) in [5.41, 5.74) is 0. The number of ether oxygens (including phenoxy) is 1. The van der Waals surface area contributed by atoms with E-state index in [2.05, 4.69) is 4.74 Å². The minimum atomic E-state index is -2.98.